The van der Waals surface area contributed by atoms with E-state index in [1.54, 1.807) is 19.9 Å². The first-order valence-corrected chi connectivity index (χ1v) is 18.3. The van der Waals surface area contributed by atoms with Crippen LogP contribution in [-0.2, 0) is 40.0 Å². The monoisotopic (exact) mass is 875 g/mol. The number of carbonyl (C=O) groups is 2. The van der Waals surface area contributed by atoms with Crippen molar-refractivity contribution in [2.75, 3.05) is 44.5 Å². The summed E-state index contributed by atoms with van der Waals surface area (Å²) in [6.07, 6.45) is 3.71. The third-order valence-corrected chi connectivity index (χ3v) is 8.09. The Morgan fingerprint density at radius 3 is 1.46 bits per heavy atom. The van der Waals surface area contributed by atoms with Crippen LogP contribution in [0.4, 0.5) is 22.7 Å². The van der Waals surface area contributed by atoms with Crippen LogP contribution in [0.3, 0.4) is 0 Å². The number of aliphatic hydroxyl groups excluding tert-OH is 1. The highest BCUT2D eigenvalue weighted by Gasteiger charge is 2.21. The molecule has 0 bridgehead atoms. The average Bonchev–Trinajstić information content (AvgIpc) is 3.99. The highest BCUT2D eigenvalue weighted by molar-refractivity contribution is 5.85. The van der Waals surface area contributed by atoms with E-state index in [9.17, 15) is 29.8 Å². The van der Waals surface area contributed by atoms with Crippen LogP contribution in [0.5, 0.6) is 23.0 Å². The zero-order valence-corrected chi connectivity index (χ0v) is 35.1. The van der Waals surface area contributed by atoms with Crippen LogP contribution in [0.25, 0.3) is 0 Å². The fourth-order valence-corrected chi connectivity index (χ4v) is 5.65. The predicted molar refractivity (Wildman–Crippen MR) is 225 cm³/mol. The molecule has 0 saturated carbocycles. The summed E-state index contributed by atoms with van der Waals surface area (Å²) >= 11 is 0. The normalized spacial score (nSPS) is 12.1. The molecule has 0 amide bonds. The van der Waals surface area contributed by atoms with E-state index in [1.165, 1.54) is 42.7 Å². The first-order valence-electron chi connectivity index (χ1n) is 18.3. The van der Waals surface area contributed by atoms with Gasteiger partial charge in [0.25, 0.3) is 16.5 Å². The van der Waals surface area contributed by atoms with Crippen molar-refractivity contribution in [2.24, 2.45) is 0 Å². The Hall–Kier alpha value is -6.93. The molecule has 8 rings (SSSR count). The standard InChI is InChI=1S/C9H9NO3.C9H10O.C8H8N2O3.C8H9NO.C4H6O3.C2H6O.ClH.HNO3/c1-6-4-7-2-3-13-9(7)5-8(6)10(11)12;1-7-2-3-9-8(6-7)4-5-10-9;9-6-3-5-1-2-13-8(5)4-7(6)10(11)12;9-7-1-2-8-6(5-7)3-4-10-8;1-3(5)7-4(2)6;1-2-3;;2-1(3)4/h4-5H,2-3H2,1H3;2-3,6H,4-5H2,1H3;3-4H,1-2,9H2;1-2,5H,3-4,9H2;1-2H3;3H,2H2,1H3;1H;(H,2,3,4). The van der Waals surface area contributed by atoms with Crippen molar-refractivity contribution in [3.63, 3.8) is 0 Å². The Bertz CT molecular complexity index is 1990. The lowest BCUT2D eigenvalue weighted by Crippen LogP contribution is -2.03. The number of benzene rings is 4. The number of carbonyl (C=O) groups excluding carboxylic acids is 2. The number of hydrogen-bond acceptors (Lipinski definition) is 16. The Morgan fingerprint density at radius 1 is 0.656 bits per heavy atom. The summed E-state index contributed by atoms with van der Waals surface area (Å²) in [5.74, 6) is 2.19. The molecule has 4 aliphatic heterocycles. The van der Waals surface area contributed by atoms with E-state index in [0.29, 0.717) is 30.3 Å². The summed E-state index contributed by atoms with van der Waals surface area (Å²) in [6.45, 7) is 11.0. The molecular weight excluding hydrogens is 826 g/mol. The van der Waals surface area contributed by atoms with Gasteiger partial charge in [0.05, 0.1) is 48.4 Å². The molecular formula is C40H50ClN5O15. The van der Waals surface area contributed by atoms with E-state index in [1.807, 2.05) is 24.3 Å². The van der Waals surface area contributed by atoms with Crippen LogP contribution in [-0.4, -0.2) is 70.2 Å². The van der Waals surface area contributed by atoms with Crippen LogP contribution in [0.2, 0.25) is 0 Å². The lowest BCUT2D eigenvalue weighted by molar-refractivity contribution is -0.742. The van der Waals surface area contributed by atoms with Crippen molar-refractivity contribution in [2.45, 2.75) is 60.3 Å². The number of anilines is 2. The number of halogens is 1. The van der Waals surface area contributed by atoms with Crippen molar-refractivity contribution in [3.8, 4) is 23.0 Å². The summed E-state index contributed by atoms with van der Waals surface area (Å²) < 4.78 is 25.0. The topological polar surface area (TPSA) is 302 Å². The van der Waals surface area contributed by atoms with Crippen molar-refractivity contribution >= 4 is 47.1 Å². The van der Waals surface area contributed by atoms with Gasteiger partial charge < -0.3 is 45.5 Å². The minimum atomic E-state index is -1.50. The van der Waals surface area contributed by atoms with Crippen molar-refractivity contribution in [1.29, 1.82) is 0 Å². The van der Waals surface area contributed by atoms with Gasteiger partial charge in [0.2, 0.25) is 0 Å². The molecule has 0 aromatic heterocycles. The number of nitro groups is 2. The Balaban J connectivity index is 0.000000370. The van der Waals surface area contributed by atoms with Crippen LogP contribution >= 0.6 is 12.4 Å². The fourth-order valence-electron chi connectivity index (χ4n) is 5.65. The Kier molecular flexibility index (Phi) is 22.4. The number of nitrogen functional groups attached to an aromatic ring is 2. The van der Waals surface area contributed by atoms with E-state index in [2.05, 4.69) is 29.9 Å². The Morgan fingerprint density at radius 2 is 1.03 bits per heavy atom. The number of esters is 2. The number of aryl methyl sites for hydroxylation is 2. The van der Waals surface area contributed by atoms with E-state index in [4.69, 9.17) is 50.8 Å². The van der Waals surface area contributed by atoms with Crippen molar-refractivity contribution in [1.82, 2.24) is 0 Å². The maximum atomic E-state index is 10.6. The summed E-state index contributed by atoms with van der Waals surface area (Å²) in [5.41, 5.74) is 18.8. The number of nitrogens with zero attached hydrogens (tertiary/aromatic N) is 3. The molecule has 0 radical (unpaired) electrons. The summed E-state index contributed by atoms with van der Waals surface area (Å²) in [4.78, 5) is 48.2. The van der Waals surface area contributed by atoms with Gasteiger partial charge in [0.1, 0.15) is 28.7 Å². The second kappa shape index (κ2) is 26.2. The van der Waals surface area contributed by atoms with E-state index in [-0.39, 0.29) is 41.0 Å². The average molecular weight is 876 g/mol. The molecule has 0 unspecified atom stereocenters. The SMILES string of the molecule is CC(=O)OC(C)=O.CCO.Cc1cc2c(cc1[N+](=O)[O-])OCC2.Cc1ccc2c(c1)CCO2.Cl.Nc1cc2c(cc1[N+](=O)[O-])OCC2.Nc1ccc2c(c1)CCO2.O=[N+]([O-])O. The molecule has 0 atom stereocenters. The molecule has 0 fully saturated rings. The molecule has 332 valence electrons. The number of hydrogen-bond donors (Lipinski definition) is 4. The molecule has 61 heavy (non-hydrogen) atoms. The van der Waals surface area contributed by atoms with Crippen LogP contribution in [0.1, 0.15) is 54.2 Å². The lowest BCUT2D eigenvalue weighted by atomic mass is 10.1. The largest absolute Gasteiger partial charge is 0.493 e. The van der Waals surface area contributed by atoms with Gasteiger partial charge in [-0.05, 0) is 73.9 Å². The molecule has 0 spiro atoms. The maximum absolute atomic E-state index is 10.6. The quantitative estimate of drug-likeness (QED) is 0.0568. The molecule has 4 aliphatic rings. The zero-order valence-electron chi connectivity index (χ0n) is 34.2. The van der Waals surface area contributed by atoms with Crippen molar-refractivity contribution in [3.05, 3.63) is 124 Å². The molecule has 21 heteroatoms. The van der Waals surface area contributed by atoms with Crippen LogP contribution < -0.4 is 30.4 Å². The number of rotatable bonds is 2. The van der Waals surface area contributed by atoms with Crippen molar-refractivity contribution < 1.29 is 58.5 Å². The van der Waals surface area contributed by atoms with Crippen LogP contribution in [0.15, 0.2) is 60.7 Å². The first-order chi connectivity index (χ1) is 28.4. The second-order valence-corrected chi connectivity index (χ2v) is 12.8. The zero-order chi connectivity index (χ0) is 44.9. The van der Waals surface area contributed by atoms with Gasteiger partial charge >= 0.3 is 11.9 Å². The smallest absolute Gasteiger partial charge is 0.310 e. The van der Waals surface area contributed by atoms with Crippen LogP contribution in [0, 0.1) is 44.2 Å². The van der Waals surface area contributed by atoms with Gasteiger partial charge in [0, 0.05) is 63.0 Å². The molecule has 4 aromatic rings. The summed E-state index contributed by atoms with van der Waals surface area (Å²) in [5, 5.41) is 42.3. The highest BCUT2D eigenvalue weighted by Crippen LogP contribution is 2.34. The minimum absolute atomic E-state index is 0. The second-order valence-electron chi connectivity index (χ2n) is 12.8. The minimum Gasteiger partial charge on any atom is -0.493 e. The number of ether oxygens (including phenoxy) is 5. The van der Waals surface area contributed by atoms with Gasteiger partial charge in [-0.15, -0.1) is 22.5 Å². The molecule has 6 N–H and O–H groups in total. The third-order valence-electron chi connectivity index (χ3n) is 8.09. The van der Waals surface area contributed by atoms with Gasteiger partial charge in [0.15, 0.2) is 0 Å². The highest BCUT2D eigenvalue weighted by atomic mass is 35.5. The Labute approximate surface area is 357 Å². The number of aliphatic hydroxyl groups is 1. The van der Waals surface area contributed by atoms with Gasteiger partial charge in [-0.25, -0.2) is 0 Å². The predicted octanol–water partition coefficient (Wildman–Crippen LogP) is 6.25. The third kappa shape index (κ3) is 18.3. The lowest BCUT2D eigenvalue weighted by Gasteiger charge is -2.00. The first kappa shape index (κ1) is 52.1. The molecule has 0 aliphatic carbocycles. The van der Waals surface area contributed by atoms with E-state index >= 15 is 0 Å². The van der Waals surface area contributed by atoms with E-state index < -0.39 is 21.9 Å². The molecule has 20 nitrogen and oxygen atoms in total. The van der Waals surface area contributed by atoms with Gasteiger partial charge in [-0.3, -0.25) is 29.8 Å². The van der Waals surface area contributed by atoms with E-state index in [0.717, 1.165) is 67.2 Å². The molecule has 4 aromatic carbocycles. The fraction of sp³-hybridized carbons (Fsp3) is 0.350. The summed E-state index contributed by atoms with van der Waals surface area (Å²) in [7, 11) is 0. The molecule has 0 saturated heterocycles. The van der Waals surface area contributed by atoms with Gasteiger partial charge in [-0.2, -0.15) is 0 Å². The number of nitrogens with two attached hydrogens (primary N) is 2. The summed E-state index contributed by atoms with van der Waals surface area (Å²) in [6, 6.07) is 18.4. The number of fused-ring (bicyclic) bond motifs is 4. The van der Waals surface area contributed by atoms with Gasteiger partial charge in [-0.1, -0.05) is 17.7 Å². The molecule has 4 heterocycles. The maximum Gasteiger partial charge on any atom is 0.310 e. The number of nitro benzene ring substituents is 2.